The lowest BCUT2D eigenvalue weighted by Gasteiger charge is -2.29. The molecular formula is C37H53ClN6O8S2. The smallest absolute Gasteiger partial charge is 0.332 e. The fourth-order valence-corrected chi connectivity index (χ4v) is 9.75. The van der Waals surface area contributed by atoms with Crippen molar-refractivity contribution in [1.82, 2.24) is 19.7 Å². The predicted octanol–water partition coefficient (Wildman–Crippen LogP) is 6.08. The molecule has 0 spiro atoms. The number of rotatable bonds is 13. The number of hydrogen-bond acceptors (Lipinski definition) is 8. The van der Waals surface area contributed by atoms with E-state index in [1.54, 1.807) is 12.1 Å². The van der Waals surface area contributed by atoms with Crippen LogP contribution < -0.4 is 25.4 Å². The molecule has 2 aromatic rings. The van der Waals surface area contributed by atoms with Crippen LogP contribution in [0.1, 0.15) is 126 Å². The first-order valence-corrected chi connectivity index (χ1v) is 21.8. The highest BCUT2D eigenvalue weighted by atomic mass is 35.5. The zero-order valence-electron chi connectivity index (χ0n) is 31.9. The second kappa shape index (κ2) is 17.7. The normalized spacial score (nSPS) is 19.3. The number of hydrogen-bond donors (Lipinski definition) is 5. The fourth-order valence-electron chi connectivity index (χ4n) is 6.98. The van der Waals surface area contributed by atoms with Crippen molar-refractivity contribution >= 4 is 66.9 Å². The quantitative estimate of drug-likeness (QED) is 0.160. The van der Waals surface area contributed by atoms with E-state index in [-0.39, 0.29) is 74.3 Å². The molecule has 17 heteroatoms. The molecule has 2 aliphatic heterocycles. The molecule has 2 aromatic carbocycles. The van der Waals surface area contributed by atoms with Gasteiger partial charge in [-0.15, -0.1) is 0 Å². The Morgan fingerprint density at radius 1 is 0.778 bits per heavy atom. The second-order valence-electron chi connectivity index (χ2n) is 15.1. The summed E-state index contributed by atoms with van der Waals surface area (Å²) in [5, 5.41) is 6.77. The van der Waals surface area contributed by atoms with Gasteiger partial charge in [-0.25, -0.2) is 35.9 Å². The SMILES string of the molecule is CC(C)c1cc(Cl)cc(C(C)CCC(C)c2cccc(C(C)C)c2NC(=O)NS(=O)(=O)C2CCC(=O)N(C)C2)c1NC(=O)NS(=O)(=O)C1CCC(=O)NC1. The number of carbonyl (C=O) groups is 4. The van der Waals surface area contributed by atoms with Crippen LogP contribution in [0.4, 0.5) is 21.0 Å². The number of piperidine rings is 2. The van der Waals surface area contributed by atoms with Crippen LogP contribution in [0.3, 0.4) is 0 Å². The molecule has 0 saturated carbocycles. The van der Waals surface area contributed by atoms with Gasteiger partial charge in [0, 0.05) is 49.4 Å². The first-order chi connectivity index (χ1) is 25.2. The van der Waals surface area contributed by atoms with Crippen LogP contribution in [0.25, 0.3) is 0 Å². The first-order valence-electron chi connectivity index (χ1n) is 18.3. The molecular weight excluding hydrogens is 756 g/mol. The molecule has 4 rings (SSSR count). The van der Waals surface area contributed by atoms with Gasteiger partial charge in [-0.1, -0.05) is 71.3 Å². The molecule has 54 heavy (non-hydrogen) atoms. The summed E-state index contributed by atoms with van der Waals surface area (Å²) in [6.45, 7) is 11.8. The monoisotopic (exact) mass is 808 g/mol. The molecule has 0 aromatic heterocycles. The number of nitrogens with zero attached hydrogens (tertiary/aromatic N) is 1. The Labute approximate surface area is 324 Å². The minimum Gasteiger partial charge on any atom is -0.355 e. The number of sulfonamides is 2. The van der Waals surface area contributed by atoms with E-state index in [4.69, 9.17) is 11.6 Å². The van der Waals surface area contributed by atoms with E-state index < -0.39 is 42.6 Å². The third-order valence-electron chi connectivity index (χ3n) is 10.3. The Hall–Kier alpha value is -3.89. The van der Waals surface area contributed by atoms with E-state index >= 15 is 0 Å². The highest BCUT2D eigenvalue weighted by Crippen LogP contribution is 2.40. The third kappa shape index (κ3) is 10.7. The Morgan fingerprint density at radius 3 is 1.81 bits per heavy atom. The van der Waals surface area contributed by atoms with Crippen LogP contribution in [-0.2, 0) is 29.6 Å². The minimum absolute atomic E-state index is 0.00184. The van der Waals surface area contributed by atoms with Gasteiger partial charge in [-0.05, 0) is 83.7 Å². The molecule has 4 unspecified atom stereocenters. The maximum atomic E-state index is 13.3. The lowest BCUT2D eigenvalue weighted by Crippen LogP contribution is -2.49. The Kier molecular flexibility index (Phi) is 14.1. The van der Waals surface area contributed by atoms with E-state index in [2.05, 4.69) is 25.4 Å². The summed E-state index contributed by atoms with van der Waals surface area (Å²) < 4.78 is 56.6. The van der Waals surface area contributed by atoms with Gasteiger partial charge < -0.3 is 20.9 Å². The largest absolute Gasteiger partial charge is 0.355 e. The van der Waals surface area contributed by atoms with Gasteiger partial charge in [-0.2, -0.15) is 0 Å². The standard InChI is InChI=1S/C37H53ClN6O8S2/c1-21(2)28-9-8-10-29(34(28)40-36(47)43-54(51,52)27-14-16-33(46)44(7)20-27)23(5)11-12-24(6)31-18-25(38)17-30(22(3)4)35(31)41-37(48)42-53(49,50)26-13-15-32(45)39-19-26/h8-10,17-18,21-24,26-27H,11-16,19-20H2,1-7H3,(H,39,45)(H2,40,43,47)(H2,41,42,48). The molecule has 2 aliphatic rings. The molecule has 14 nitrogen and oxygen atoms in total. The van der Waals surface area contributed by atoms with E-state index in [0.717, 1.165) is 22.3 Å². The molecule has 298 valence electrons. The third-order valence-corrected chi connectivity index (χ3v) is 14.0. The van der Waals surface area contributed by atoms with Crippen molar-refractivity contribution in [3.63, 3.8) is 0 Å². The van der Waals surface area contributed by atoms with Crippen molar-refractivity contribution in [2.75, 3.05) is 30.8 Å². The van der Waals surface area contributed by atoms with Gasteiger partial charge in [0.2, 0.25) is 31.9 Å². The zero-order valence-corrected chi connectivity index (χ0v) is 34.3. The predicted molar refractivity (Wildman–Crippen MR) is 211 cm³/mol. The number of carbonyl (C=O) groups excluding carboxylic acids is 4. The molecule has 2 heterocycles. The van der Waals surface area contributed by atoms with Crippen molar-refractivity contribution < 1.29 is 36.0 Å². The van der Waals surface area contributed by atoms with Gasteiger partial charge in [0.1, 0.15) is 0 Å². The van der Waals surface area contributed by atoms with Crippen molar-refractivity contribution in [1.29, 1.82) is 0 Å². The van der Waals surface area contributed by atoms with Gasteiger partial charge in [0.15, 0.2) is 0 Å². The van der Waals surface area contributed by atoms with Gasteiger partial charge in [0.05, 0.1) is 10.5 Å². The van der Waals surface area contributed by atoms with Crippen LogP contribution in [-0.4, -0.2) is 76.2 Å². The van der Waals surface area contributed by atoms with E-state index in [1.165, 1.54) is 11.9 Å². The first kappa shape index (κ1) is 42.8. The number of benzene rings is 2. The summed E-state index contributed by atoms with van der Waals surface area (Å²) in [5.74, 6) is -0.720. The lowest BCUT2D eigenvalue weighted by atomic mass is 9.85. The summed E-state index contributed by atoms with van der Waals surface area (Å²) in [6, 6.07) is 7.42. The summed E-state index contributed by atoms with van der Waals surface area (Å²) in [5.41, 5.74) is 4.11. The van der Waals surface area contributed by atoms with Crippen molar-refractivity contribution in [2.45, 2.75) is 114 Å². The van der Waals surface area contributed by atoms with Crippen LogP contribution >= 0.6 is 11.6 Å². The number of halogens is 1. The number of para-hydroxylation sites is 1. The maximum absolute atomic E-state index is 13.3. The maximum Gasteiger partial charge on any atom is 0.332 e. The average Bonchev–Trinajstić information content (AvgIpc) is 3.08. The Balaban J connectivity index is 1.53. The molecule has 6 amide bonds. The van der Waals surface area contributed by atoms with Crippen molar-refractivity contribution in [3.8, 4) is 0 Å². The van der Waals surface area contributed by atoms with Crippen LogP contribution in [0.5, 0.6) is 0 Å². The minimum atomic E-state index is -4.08. The van der Waals surface area contributed by atoms with Gasteiger partial charge in [0.25, 0.3) is 0 Å². The van der Waals surface area contributed by atoms with E-state index in [9.17, 15) is 36.0 Å². The van der Waals surface area contributed by atoms with Crippen LogP contribution in [0.2, 0.25) is 5.02 Å². The molecule has 0 aliphatic carbocycles. The summed E-state index contributed by atoms with van der Waals surface area (Å²) >= 11 is 6.59. The number of urea groups is 2. The van der Waals surface area contributed by atoms with Gasteiger partial charge >= 0.3 is 12.1 Å². The second-order valence-corrected chi connectivity index (χ2v) is 19.4. The summed E-state index contributed by atoms with van der Waals surface area (Å²) in [6.07, 6.45) is 1.60. The Bertz CT molecular complexity index is 1960. The topological polar surface area (TPSA) is 200 Å². The highest BCUT2D eigenvalue weighted by Gasteiger charge is 2.35. The van der Waals surface area contributed by atoms with Crippen LogP contribution in [0, 0.1) is 0 Å². The molecule has 5 N–H and O–H groups in total. The van der Waals surface area contributed by atoms with Crippen molar-refractivity contribution in [3.05, 3.63) is 57.6 Å². The molecule has 2 saturated heterocycles. The lowest BCUT2D eigenvalue weighted by molar-refractivity contribution is -0.131. The fraction of sp³-hybridized carbons (Fsp3) is 0.568. The molecule has 0 radical (unpaired) electrons. The molecule has 0 bridgehead atoms. The number of amides is 6. The van der Waals surface area contributed by atoms with Crippen molar-refractivity contribution in [2.24, 2.45) is 0 Å². The number of likely N-dealkylation sites (tertiary alicyclic amines) is 1. The Morgan fingerprint density at radius 2 is 1.28 bits per heavy atom. The summed E-state index contributed by atoms with van der Waals surface area (Å²) in [4.78, 5) is 51.3. The number of nitrogens with one attached hydrogen (secondary N) is 5. The summed E-state index contributed by atoms with van der Waals surface area (Å²) in [7, 11) is -6.61. The van der Waals surface area contributed by atoms with E-state index in [0.29, 0.717) is 29.2 Å². The van der Waals surface area contributed by atoms with Crippen LogP contribution in [0.15, 0.2) is 30.3 Å². The molecule has 2 fully saturated rings. The number of anilines is 2. The highest BCUT2D eigenvalue weighted by molar-refractivity contribution is 7.91. The zero-order chi connectivity index (χ0) is 40.1. The molecule has 4 atom stereocenters. The van der Waals surface area contributed by atoms with Gasteiger partial charge in [-0.3, -0.25) is 9.59 Å². The average molecular weight is 809 g/mol. The van der Waals surface area contributed by atoms with E-state index in [1.807, 2.05) is 59.7 Å².